The van der Waals surface area contributed by atoms with Crippen LogP contribution in [-0.2, 0) is 0 Å². The van der Waals surface area contributed by atoms with Gasteiger partial charge < -0.3 is 10.6 Å². The first kappa shape index (κ1) is 9.01. The third-order valence-corrected chi connectivity index (χ3v) is 2.38. The molecule has 0 radical (unpaired) electrons. The van der Waals surface area contributed by atoms with Crippen molar-refractivity contribution >= 4 is 0 Å². The number of likely N-dealkylation sites (N-methyl/N-ethyl adjacent to an activating group) is 1. The van der Waals surface area contributed by atoms with Gasteiger partial charge in [0, 0.05) is 19.6 Å². The highest BCUT2D eigenvalue weighted by molar-refractivity contribution is 4.90. The number of hydrogen-bond donors (Lipinski definition) is 2. The van der Waals surface area contributed by atoms with Gasteiger partial charge in [0.1, 0.15) is 0 Å². The van der Waals surface area contributed by atoms with Gasteiger partial charge in [-0.05, 0) is 24.8 Å². The smallest absolute Gasteiger partial charge is 0.00769 e. The summed E-state index contributed by atoms with van der Waals surface area (Å²) >= 11 is 0. The fourth-order valence-electron chi connectivity index (χ4n) is 1.13. The first-order valence-electron chi connectivity index (χ1n) is 4.68. The van der Waals surface area contributed by atoms with E-state index in [1.165, 1.54) is 19.4 Å². The zero-order chi connectivity index (χ0) is 8.16. The van der Waals surface area contributed by atoms with Gasteiger partial charge in [0.25, 0.3) is 0 Å². The highest BCUT2D eigenvalue weighted by Crippen LogP contribution is 2.43. The molecule has 0 aliphatic heterocycles. The fourth-order valence-corrected chi connectivity index (χ4v) is 1.13. The molecule has 66 valence electrons. The normalized spacial score (nSPS) is 20.2. The molecule has 0 aromatic heterocycles. The van der Waals surface area contributed by atoms with Crippen LogP contribution in [0, 0.1) is 5.41 Å². The molecule has 1 aliphatic carbocycles. The lowest BCUT2D eigenvalue weighted by molar-refractivity contribution is 0.494. The van der Waals surface area contributed by atoms with Gasteiger partial charge >= 0.3 is 0 Å². The lowest BCUT2D eigenvalue weighted by atomic mass is 10.1. The van der Waals surface area contributed by atoms with Crippen molar-refractivity contribution in [3.8, 4) is 0 Å². The monoisotopic (exact) mass is 156 g/mol. The maximum atomic E-state index is 3.46. The highest BCUT2D eigenvalue weighted by atomic mass is 14.9. The Hall–Kier alpha value is -0.0800. The molecule has 2 nitrogen and oxygen atoms in total. The van der Waals surface area contributed by atoms with Gasteiger partial charge in [-0.3, -0.25) is 0 Å². The maximum Gasteiger partial charge on any atom is 0.00769 e. The Morgan fingerprint density at radius 3 is 2.36 bits per heavy atom. The molecule has 0 aromatic rings. The number of hydrogen-bond acceptors (Lipinski definition) is 2. The van der Waals surface area contributed by atoms with Crippen LogP contribution in [0.15, 0.2) is 0 Å². The molecule has 1 aliphatic rings. The summed E-state index contributed by atoms with van der Waals surface area (Å²) in [6, 6.07) is 0. The Bertz CT molecular complexity index is 108. The van der Waals surface area contributed by atoms with Gasteiger partial charge in [-0.1, -0.05) is 13.8 Å². The molecule has 11 heavy (non-hydrogen) atoms. The standard InChI is InChI=1S/C9H20N2/c1-3-10-6-7-11-8-9(2)4-5-9/h10-11H,3-8H2,1-2H3. The Kier molecular flexibility index (Phi) is 3.34. The fraction of sp³-hybridized carbons (Fsp3) is 1.00. The molecule has 0 aromatic carbocycles. The Morgan fingerprint density at radius 2 is 1.82 bits per heavy atom. The van der Waals surface area contributed by atoms with Crippen molar-refractivity contribution in [2.75, 3.05) is 26.2 Å². The van der Waals surface area contributed by atoms with Crippen LogP contribution in [0.4, 0.5) is 0 Å². The van der Waals surface area contributed by atoms with Gasteiger partial charge in [-0.2, -0.15) is 0 Å². The molecule has 1 rings (SSSR count). The molecular weight excluding hydrogens is 136 g/mol. The quantitative estimate of drug-likeness (QED) is 0.560. The first-order valence-corrected chi connectivity index (χ1v) is 4.68. The van der Waals surface area contributed by atoms with E-state index in [9.17, 15) is 0 Å². The van der Waals surface area contributed by atoms with Crippen molar-refractivity contribution in [2.45, 2.75) is 26.7 Å². The molecular formula is C9H20N2. The molecule has 2 heteroatoms. The summed E-state index contributed by atoms with van der Waals surface area (Å²) in [6.45, 7) is 9.00. The third kappa shape index (κ3) is 3.73. The summed E-state index contributed by atoms with van der Waals surface area (Å²) in [7, 11) is 0. The topological polar surface area (TPSA) is 24.1 Å². The molecule has 1 saturated carbocycles. The SMILES string of the molecule is CCNCCNCC1(C)CC1. The van der Waals surface area contributed by atoms with E-state index in [0.29, 0.717) is 5.41 Å². The second kappa shape index (κ2) is 4.07. The number of nitrogens with one attached hydrogen (secondary N) is 2. The molecule has 0 saturated heterocycles. The Morgan fingerprint density at radius 1 is 1.18 bits per heavy atom. The van der Waals surface area contributed by atoms with E-state index in [2.05, 4.69) is 24.5 Å². The van der Waals surface area contributed by atoms with E-state index in [4.69, 9.17) is 0 Å². The average molecular weight is 156 g/mol. The summed E-state index contributed by atoms with van der Waals surface area (Å²) in [6.07, 6.45) is 2.84. The lowest BCUT2D eigenvalue weighted by Gasteiger charge is -2.09. The average Bonchev–Trinajstić information content (AvgIpc) is 2.69. The van der Waals surface area contributed by atoms with Gasteiger partial charge in [-0.25, -0.2) is 0 Å². The zero-order valence-corrected chi connectivity index (χ0v) is 7.74. The molecule has 0 amide bonds. The predicted octanol–water partition coefficient (Wildman–Crippen LogP) is 0.986. The predicted molar refractivity (Wildman–Crippen MR) is 48.8 cm³/mol. The van der Waals surface area contributed by atoms with Gasteiger partial charge in [0.05, 0.1) is 0 Å². The summed E-state index contributed by atoms with van der Waals surface area (Å²) in [5, 5.41) is 6.75. The van der Waals surface area contributed by atoms with Crippen LogP contribution in [0.5, 0.6) is 0 Å². The molecule has 0 bridgehead atoms. The van der Waals surface area contributed by atoms with Crippen LogP contribution in [0.1, 0.15) is 26.7 Å². The van der Waals surface area contributed by atoms with Crippen molar-refractivity contribution in [1.82, 2.24) is 10.6 Å². The highest BCUT2D eigenvalue weighted by Gasteiger charge is 2.36. The van der Waals surface area contributed by atoms with E-state index in [1.54, 1.807) is 0 Å². The largest absolute Gasteiger partial charge is 0.316 e. The summed E-state index contributed by atoms with van der Waals surface area (Å²) in [5.41, 5.74) is 0.659. The zero-order valence-electron chi connectivity index (χ0n) is 7.74. The molecule has 0 spiro atoms. The summed E-state index contributed by atoms with van der Waals surface area (Å²) in [5.74, 6) is 0. The van der Waals surface area contributed by atoms with Crippen LogP contribution in [-0.4, -0.2) is 26.2 Å². The van der Waals surface area contributed by atoms with Crippen molar-refractivity contribution in [3.63, 3.8) is 0 Å². The van der Waals surface area contributed by atoms with Crippen molar-refractivity contribution in [1.29, 1.82) is 0 Å². The molecule has 0 heterocycles. The molecule has 0 unspecified atom stereocenters. The first-order chi connectivity index (χ1) is 5.27. The van der Waals surface area contributed by atoms with E-state index in [0.717, 1.165) is 19.6 Å². The van der Waals surface area contributed by atoms with Crippen LogP contribution in [0.25, 0.3) is 0 Å². The molecule has 2 N–H and O–H groups in total. The summed E-state index contributed by atoms with van der Waals surface area (Å²) < 4.78 is 0. The Labute approximate surface area is 69.8 Å². The van der Waals surface area contributed by atoms with E-state index in [1.807, 2.05) is 0 Å². The van der Waals surface area contributed by atoms with Crippen molar-refractivity contribution in [3.05, 3.63) is 0 Å². The minimum absolute atomic E-state index is 0.659. The number of rotatable bonds is 6. The molecule has 0 atom stereocenters. The summed E-state index contributed by atoms with van der Waals surface area (Å²) in [4.78, 5) is 0. The van der Waals surface area contributed by atoms with Crippen LogP contribution >= 0.6 is 0 Å². The van der Waals surface area contributed by atoms with Gasteiger partial charge in [-0.15, -0.1) is 0 Å². The minimum Gasteiger partial charge on any atom is -0.316 e. The van der Waals surface area contributed by atoms with Crippen molar-refractivity contribution < 1.29 is 0 Å². The van der Waals surface area contributed by atoms with E-state index < -0.39 is 0 Å². The van der Waals surface area contributed by atoms with Gasteiger partial charge in [0.2, 0.25) is 0 Å². The second-order valence-corrected chi connectivity index (χ2v) is 3.84. The molecule has 1 fully saturated rings. The van der Waals surface area contributed by atoms with Crippen LogP contribution in [0.3, 0.4) is 0 Å². The van der Waals surface area contributed by atoms with Crippen LogP contribution in [0.2, 0.25) is 0 Å². The van der Waals surface area contributed by atoms with Gasteiger partial charge in [0.15, 0.2) is 0 Å². The lowest BCUT2D eigenvalue weighted by Crippen LogP contribution is -2.30. The van der Waals surface area contributed by atoms with E-state index in [-0.39, 0.29) is 0 Å². The van der Waals surface area contributed by atoms with Crippen LogP contribution < -0.4 is 10.6 Å². The third-order valence-electron chi connectivity index (χ3n) is 2.38. The maximum absolute atomic E-state index is 3.46. The minimum atomic E-state index is 0.659. The van der Waals surface area contributed by atoms with Crippen molar-refractivity contribution in [2.24, 2.45) is 5.41 Å². The Balaban J connectivity index is 1.81. The second-order valence-electron chi connectivity index (χ2n) is 3.84. The van der Waals surface area contributed by atoms with E-state index >= 15 is 0 Å².